The third kappa shape index (κ3) is 9.77. The molecule has 2 rings (SSSR count). The highest BCUT2D eigenvalue weighted by Gasteiger charge is 2.27. The van der Waals surface area contributed by atoms with Gasteiger partial charge in [0.25, 0.3) is 0 Å². The van der Waals surface area contributed by atoms with E-state index in [1.54, 1.807) is 26.3 Å². The molecule has 172 valence electrons. The summed E-state index contributed by atoms with van der Waals surface area (Å²) in [5.41, 5.74) is 2.79. The van der Waals surface area contributed by atoms with Crippen LogP contribution >= 0.6 is 24.0 Å². The summed E-state index contributed by atoms with van der Waals surface area (Å²) in [6.45, 7) is 2.00. The van der Waals surface area contributed by atoms with Gasteiger partial charge in [-0.25, -0.2) is 0 Å². The van der Waals surface area contributed by atoms with Crippen LogP contribution in [0, 0.1) is 0 Å². The highest BCUT2D eigenvalue weighted by molar-refractivity contribution is 14.0. The van der Waals surface area contributed by atoms with Crippen molar-refractivity contribution in [3.63, 3.8) is 0 Å². The first-order valence-corrected chi connectivity index (χ1v) is 9.62. The topological polar surface area (TPSA) is 54.9 Å². The van der Waals surface area contributed by atoms with E-state index < -0.39 is 12.8 Å². The zero-order valence-corrected chi connectivity index (χ0v) is 20.2. The molecule has 0 radical (unpaired) electrons. The summed E-state index contributed by atoms with van der Waals surface area (Å²) in [6.07, 6.45) is -4.31. The zero-order valence-electron chi connectivity index (χ0n) is 17.8. The molecule has 0 heterocycles. The Morgan fingerprint density at radius 3 is 2.29 bits per heavy atom. The van der Waals surface area contributed by atoms with E-state index in [1.165, 1.54) is 0 Å². The lowest BCUT2D eigenvalue weighted by molar-refractivity contribution is -0.176. The minimum absolute atomic E-state index is 0. The summed E-state index contributed by atoms with van der Waals surface area (Å²) in [5.74, 6) is 1.74. The van der Waals surface area contributed by atoms with Gasteiger partial charge in [0.1, 0.15) is 12.4 Å². The molecule has 2 aromatic carbocycles. The van der Waals surface area contributed by atoms with Crippen molar-refractivity contribution >= 4 is 29.9 Å². The van der Waals surface area contributed by atoms with Crippen LogP contribution in [0.2, 0.25) is 0 Å². The van der Waals surface area contributed by atoms with Crippen molar-refractivity contribution < 1.29 is 22.6 Å². The van der Waals surface area contributed by atoms with Crippen molar-refractivity contribution in [1.82, 2.24) is 10.6 Å². The summed E-state index contributed by atoms with van der Waals surface area (Å²) in [5, 5.41) is 6.53. The summed E-state index contributed by atoms with van der Waals surface area (Å²) in [4.78, 5) is 4.23. The first-order valence-electron chi connectivity index (χ1n) is 9.62. The molecule has 0 aliphatic carbocycles. The third-order valence-electron chi connectivity index (χ3n) is 4.49. The molecule has 9 heteroatoms. The molecule has 0 aromatic heterocycles. The molecular formula is C22H29F3IN3O2. The van der Waals surface area contributed by atoms with E-state index >= 15 is 0 Å². The lowest BCUT2D eigenvalue weighted by Gasteiger charge is -2.18. The van der Waals surface area contributed by atoms with E-state index in [0.717, 1.165) is 16.9 Å². The average molecular weight is 551 g/mol. The summed E-state index contributed by atoms with van der Waals surface area (Å²) in [7, 11) is 3.36. The Morgan fingerprint density at radius 2 is 1.68 bits per heavy atom. The molecule has 0 amide bonds. The lowest BCUT2D eigenvalue weighted by Crippen LogP contribution is -2.38. The van der Waals surface area contributed by atoms with Gasteiger partial charge < -0.3 is 20.1 Å². The summed E-state index contributed by atoms with van der Waals surface area (Å²) in [6, 6.07) is 15.1. The number of halogens is 4. The van der Waals surface area contributed by atoms with Crippen LogP contribution in [0.5, 0.6) is 5.75 Å². The number of hydrogen-bond acceptors (Lipinski definition) is 3. The summed E-state index contributed by atoms with van der Waals surface area (Å²) >= 11 is 0. The maximum Gasteiger partial charge on any atom is 0.411 e. The Morgan fingerprint density at radius 1 is 1.03 bits per heavy atom. The Kier molecular flexibility index (Phi) is 11.7. The van der Waals surface area contributed by atoms with Gasteiger partial charge in [0.05, 0.1) is 13.7 Å². The van der Waals surface area contributed by atoms with Crippen LogP contribution < -0.4 is 15.4 Å². The Hall–Kier alpha value is -2.01. The van der Waals surface area contributed by atoms with Crippen LogP contribution in [0.25, 0.3) is 0 Å². The molecule has 0 bridgehead atoms. The average Bonchev–Trinajstić information content (AvgIpc) is 2.73. The number of methoxy groups -OCH3 is 1. The predicted octanol–water partition coefficient (Wildman–Crippen LogP) is 4.86. The fraction of sp³-hybridized carbons (Fsp3) is 0.409. The van der Waals surface area contributed by atoms with E-state index in [2.05, 4.69) is 27.3 Å². The second-order valence-electron chi connectivity index (χ2n) is 6.87. The van der Waals surface area contributed by atoms with Gasteiger partial charge in [0.2, 0.25) is 0 Å². The number of nitrogens with zero attached hydrogens (tertiary/aromatic N) is 1. The number of para-hydroxylation sites is 1. The van der Waals surface area contributed by atoms with Crippen molar-refractivity contribution in [2.75, 3.05) is 27.3 Å². The fourth-order valence-electron chi connectivity index (χ4n) is 2.88. The first kappa shape index (κ1) is 27.0. The largest absolute Gasteiger partial charge is 0.496 e. The number of nitrogens with one attached hydrogen (secondary N) is 2. The van der Waals surface area contributed by atoms with Crippen molar-refractivity contribution in [3.8, 4) is 5.75 Å². The molecule has 1 atom stereocenters. The molecule has 2 aromatic rings. The standard InChI is InChI=1S/C22H28F3N3O2.HI/c1-16(19-6-4-5-7-20(19)29-3)12-27-21(26-2)28-13-17-8-10-18(11-9-17)14-30-15-22(23,24)25;/h4-11,16H,12-15H2,1-3H3,(H2,26,27,28);1H. The second kappa shape index (κ2) is 13.4. The number of aliphatic imine (C=N–C) groups is 1. The third-order valence-corrected chi connectivity index (χ3v) is 4.49. The predicted molar refractivity (Wildman–Crippen MR) is 127 cm³/mol. The van der Waals surface area contributed by atoms with Crippen LogP contribution in [0.4, 0.5) is 13.2 Å². The van der Waals surface area contributed by atoms with E-state index in [9.17, 15) is 13.2 Å². The SMILES string of the molecule is CN=C(NCc1ccc(COCC(F)(F)F)cc1)NCC(C)c1ccccc1OC.I. The zero-order chi connectivity index (χ0) is 22.0. The number of ether oxygens (including phenoxy) is 2. The maximum atomic E-state index is 12.1. The van der Waals surface area contributed by atoms with Crippen LogP contribution in [0.15, 0.2) is 53.5 Å². The molecule has 5 nitrogen and oxygen atoms in total. The molecule has 0 spiro atoms. The van der Waals surface area contributed by atoms with Crippen LogP contribution in [-0.4, -0.2) is 39.4 Å². The minimum atomic E-state index is -4.31. The van der Waals surface area contributed by atoms with Crippen LogP contribution in [0.1, 0.15) is 29.5 Å². The van der Waals surface area contributed by atoms with Gasteiger partial charge in [-0.15, -0.1) is 24.0 Å². The van der Waals surface area contributed by atoms with Gasteiger partial charge in [0, 0.05) is 26.1 Å². The van der Waals surface area contributed by atoms with Gasteiger partial charge in [-0.1, -0.05) is 49.4 Å². The molecule has 0 saturated carbocycles. The monoisotopic (exact) mass is 551 g/mol. The van der Waals surface area contributed by atoms with E-state index in [0.29, 0.717) is 24.6 Å². The maximum absolute atomic E-state index is 12.1. The van der Waals surface area contributed by atoms with Gasteiger partial charge >= 0.3 is 6.18 Å². The van der Waals surface area contributed by atoms with E-state index in [1.807, 2.05) is 36.4 Å². The highest BCUT2D eigenvalue weighted by atomic mass is 127. The molecule has 2 N–H and O–H groups in total. The second-order valence-corrected chi connectivity index (χ2v) is 6.87. The van der Waals surface area contributed by atoms with Crippen LogP contribution in [-0.2, 0) is 17.9 Å². The van der Waals surface area contributed by atoms with E-state index in [4.69, 9.17) is 4.74 Å². The van der Waals surface area contributed by atoms with Crippen molar-refractivity contribution in [2.45, 2.75) is 32.2 Å². The number of hydrogen-bond donors (Lipinski definition) is 2. The van der Waals surface area contributed by atoms with Gasteiger partial charge in [0.15, 0.2) is 5.96 Å². The van der Waals surface area contributed by atoms with Crippen molar-refractivity contribution in [3.05, 3.63) is 65.2 Å². The molecule has 0 aliphatic rings. The van der Waals surface area contributed by atoms with E-state index in [-0.39, 0.29) is 36.5 Å². The molecule has 0 fully saturated rings. The normalized spacial score (nSPS) is 12.6. The Balaban J connectivity index is 0.00000480. The first-order chi connectivity index (χ1) is 14.3. The Labute approximate surface area is 198 Å². The lowest BCUT2D eigenvalue weighted by atomic mass is 10.0. The molecule has 1 unspecified atom stereocenters. The summed E-state index contributed by atoms with van der Waals surface area (Å²) < 4.78 is 46.5. The quantitative estimate of drug-likeness (QED) is 0.266. The van der Waals surface area contributed by atoms with Gasteiger partial charge in [-0.3, -0.25) is 4.99 Å². The Bertz CT molecular complexity index is 814. The highest BCUT2D eigenvalue weighted by Crippen LogP contribution is 2.25. The van der Waals surface area contributed by atoms with Gasteiger partial charge in [-0.05, 0) is 22.8 Å². The number of alkyl halides is 3. The minimum Gasteiger partial charge on any atom is -0.496 e. The van der Waals surface area contributed by atoms with Crippen molar-refractivity contribution in [2.24, 2.45) is 4.99 Å². The van der Waals surface area contributed by atoms with Crippen molar-refractivity contribution in [1.29, 1.82) is 0 Å². The smallest absolute Gasteiger partial charge is 0.411 e. The number of rotatable bonds is 9. The van der Waals surface area contributed by atoms with Gasteiger partial charge in [-0.2, -0.15) is 13.2 Å². The molecule has 0 aliphatic heterocycles. The number of benzene rings is 2. The molecule has 31 heavy (non-hydrogen) atoms. The fourth-order valence-corrected chi connectivity index (χ4v) is 2.88. The molecular weight excluding hydrogens is 522 g/mol. The van der Waals surface area contributed by atoms with Crippen LogP contribution in [0.3, 0.4) is 0 Å². The number of guanidine groups is 1. The molecule has 0 saturated heterocycles.